The van der Waals surface area contributed by atoms with Crippen LogP contribution in [0.3, 0.4) is 0 Å². The minimum Gasteiger partial charge on any atom is -0.451 e. The number of nitro groups is 1. The van der Waals surface area contributed by atoms with Gasteiger partial charge in [0.25, 0.3) is 5.69 Å². The Kier molecular flexibility index (Phi) is 4.95. The Morgan fingerprint density at radius 3 is 2.81 bits per heavy atom. The predicted octanol–water partition coefficient (Wildman–Crippen LogP) is 2.99. The number of Topliss-reactive ketones (excluding diaryl/α,β-unsaturated/α-hetero) is 1. The zero-order valence-corrected chi connectivity index (χ0v) is 12.4. The van der Waals surface area contributed by atoms with Crippen LogP contribution in [0.4, 0.5) is 5.69 Å². The number of carbonyl (C=O) groups is 2. The van der Waals surface area contributed by atoms with E-state index in [0.717, 1.165) is 12.8 Å². The summed E-state index contributed by atoms with van der Waals surface area (Å²) >= 11 is 1.23. The van der Waals surface area contributed by atoms with Gasteiger partial charge in [0, 0.05) is 12.5 Å². The summed E-state index contributed by atoms with van der Waals surface area (Å²) in [6, 6.07) is 4.19. The van der Waals surface area contributed by atoms with Crippen molar-refractivity contribution in [3.8, 4) is 0 Å². The number of ether oxygens (including phenoxy) is 1. The second-order valence-corrected chi connectivity index (χ2v) is 5.60. The molecule has 0 saturated heterocycles. The normalized spacial score (nSPS) is 18.3. The molecule has 1 aromatic rings. The molecule has 7 heteroatoms. The summed E-state index contributed by atoms with van der Waals surface area (Å²) in [6.07, 6.45) is 3.61. The Morgan fingerprint density at radius 1 is 1.43 bits per heavy atom. The maximum Gasteiger partial charge on any atom is 0.339 e. The first-order chi connectivity index (χ1) is 10.0. The molecule has 21 heavy (non-hydrogen) atoms. The average molecular weight is 309 g/mol. The lowest BCUT2D eigenvalue weighted by Gasteiger charge is -2.20. The van der Waals surface area contributed by atoms with Crippen LogP contribution in [0, 0.1) is 10.1 Å². The highest BCUT2D eigenvalue weighted by atomic mass is 32.2. The molecule has 2 rings (SSSR count). The van der Waals surface area contributed by atoms with Crippen LogP contribution in [-0.4, -0.2) is 29.0 Å². The molecule has 0 N–H and O–H groups in total. The second-order valence-electron chi connectivity index (χ2n) is 4.75. The SMILES string of the molecule is CSc1ccc(C(=O)OC2CCCCC2=O)cc1[N+](=O)[O-]. The zero-order chi connectivity index (χ0) is 15.4. The number of hydrogen-bond acceptors (Lipinski definition) is 6. The molecule has 0 aliphatic heterocycles. The molecule has 0 aromatic heterocycles. The van der Waals surface area contributed by atoms with E-state index < -0.39 is 17.0 Å². The third kappa shape index (κ3) is 3.60. The Hall–Kier alpha value is -1.89. The smallest absolute Gasteiger partial charge is 0.339 e. The maximum absolute atomic E-state index is 12.0. The summed E-state index contributed by atoms with van der Waals surface area (Å²) in [5.41, 5.74) is -0.0372. The molecule has 0 spiro atoms. The van der Waals surface area contributed by atoms with Crippen molar-refractivity contribution in [2.75, 3.05) is 6.26 Å². The highest BCUT2D eigenvalue weighted by molar-refractivity contribution is 7.98. The number of esters is 1. The Balaban J connectivity index is 2.17. The molecule has 6 nitrogen and oxygen atoms in total. The monoisotopic (exact) mass is 309 g/mol. The van der Waals surface area contributed by atoms with Crippen molar-refractivity contribution in [2.45, 2.75) is 36.7 Å². The largest absolute Gasteiger partial charge is 0.451 e. The van der Waals surface area contributed by atoms with Gasteiger partial charge in [0.1, 0.15) is 0 Å². The van der Waals surface area contributed by atoms with Crippen LogP contribution in [-0.2, 0) is 9.53 Å². The highest BCUT2D eigenvalue weighted by Gasteiger charge is 2.27. The number of rotatable bonds is 4. The molecule has 1 saturated carbocycles. The van der Waals surface area contributed by atoms with Crippen LogP contribution in [0.2, 0.25) is 0 Å². The quantitative estimate of drug-likeness (QED) is 0.368. The maximum atomic E-state index is 12.0. The van der Waals surface area contributed by atoms with Gasteiger partial charge in [-0.15, -0.1) is 11.8 Å². The van der Waals surface area contributed by atoms with Crippen LogP contribution in [0.25, 0.3) is 0 Å². The predicted molar refractivity (Wildman–Crippen MR) is 77.6 cm³/mol. The van der Waals surface area contributed by atoms with E-state index in [-0.39, 0.29) is 17.0 Å². The van der Waals surface area contributed by atoms with Gasteiger partial charge in [-0.2, -0.15) is 0 Å². The summed E-state index contributed by atoms with van der Waals surface area (Å²) in [6.45, 7) is 0. The third-order valence-electron chi connectivity index (χ3n) is 3.36. The van der Waals surface area contributed by atoms with Crippen LogP contribution in [0.5, 0.6) is 0 Å². The van der Waals surface area contributed by atoms with E-state index in [4.69, 9.17) is 4.74 Å². The minimum absolute atomic E-state index is 0.0789. The Morgan fingerprint density at radius 2 is 2.19 bits per heavy atom. The number of ketones is 1. The molecule has 0 bridgehead atoms. The van der Waals surface area contributed by atoms with Gasteiger partial charge in [-0.3, -0.25) is 14.9 Å². The molecular formula is C14H15NO5S. The van der Waals surface area contributed by atoms with Crippen molar-refractivity contribution in [2.24, 2.45) is 0 Å². The number of nitrogens with zero attached hydrogens (tertiary/aromatic N) is 1. The van der Waals surface area contributed by atoms with Crippen molar-refractivity contribution in [1.82, 2.24) is 0 Å². The lowest BCUT2D eigenvalue weighted by Crippen LogP contribution is -2.30. The van der Waals surface area contributed by atoms with Crippen molar-refractivity contribution in [1.29, 1.82) is 0 Å². The summed E-state index contributed by atoms with van der Waals surface area (Å²) in [7, 11) is 0. The molecule has 1 fully saturated rings. The summed E-state index contributed by atoms with van der Waals surface area (Å²) in [5, 5.41) is 11.0. The molecule has 0 amide bonds. The number of nitro benzene ring substituents is 1. The molecule has 1 aliphatic carbocycles. The fraction of sp³-hybridized carbons (Fsp3) is 0.429. The van der Waals surface area contributed by atoms with Gasteiger partial charge in [-0.1, -0.05) is 0 Å². The summed E-state index contributed by atoms with van der Waals surface area (Å²) in [5.74, 6) is -0.768. The molecule has 1 atom stereocenters. The van der Waals surface area contributed by atoms with Gasteiger partial charge in [0.05, 0.1) is 15.4 Å². The van der Waals surface area contributed by atoms with E-state index in [2.05, 4.69) is 0 Å². The molecule has 112 valence electrons. The topological polar surface area (TPSA) is 86.5 Å². The first kappa shape index (κ1) is 15.5. The first-order valence-corrected chi connectivity index (χ1v) is 7.81. The highest BCUT2D eigenvalue weighted by Crippen LogP contribution is 2.29. The van der Waals surface area contributed by atoms with E-state index in [0.29, 0.717) is 17.7 Å². The molecule has 0 heterocycles. The second kappa shape index (κ2) is 6.71. The van der Waals surface area contributed by atoms with Crippen molar-refractivity contribution in [3.05, 3.63) is 33.9 Å². The van der Waals surface area contributed by atoms with E-state index in [9.17, 15) is 19.7 Å². The van der Waals surface area contributed by atoms with Crippen molar-refractivity contribution in [3.63, 3.8) is 0 Å². The number of benzene rings is 1. The van der Waals surface area contributed by atoms with E-state index in [1.165, 1.54) is 30.0 Å². The van der Waals surface area contributed by atoms with E-state index in [1.807, 2.05) is 0 Å². The molecule has 1 aliphatic rings. The van der Waals surface area contributed by atoms with Crippen molar-refractivity contribution < 1.29 is 19.2 Å². The summed E-state index contributed by atoms with van der Waals surface area (Å²) in [4.78, 5) is 34.6. The molecule has 1 unspecified atom stereocenters. The van der Waals surface area contributed by atoms with Gasteiger partial charge in [0.15, 0.2) is 11.9 Å². The third-order valence-corrected chi connectivity index (χ3v) is 4.14. The van der Waals surface area contributed by atoms with Gasteiger partial charge < -0.3 is 4.74 Å². The summed E-state index contributed by atoms with van der Waals surface area (Å²) < 4.78 is 5.18. The Bertz CT molecular complexity index is 587. The number of carbonyl (C=O) groups excluding carboxylic acids is 2. The number of thioether (sulfide) groups is 1. The Labute approximate surface area is 126 Å². The molecule has 1 aromatic carbocycles. The van der Waals surface area contributed by atoms with E-state index in [1.54, 1.807) is 6.26 Å². The molecule has 0 radical (unpaired) electrons. The van der Waals surface area contributed by atoms with Gasteiger partial charge in [-0.05, 0) is 37.7 Å². The van der Waals surface area contributed by atoms with Crippen LogP contribution >= 0.6 is 11.8 Å². The van der Waals surface area contributed by atoms with E-state index >= 15 is 0 Å². The van der Waals surface area contributed by atoms with Gasteiger partial charge >= 0.3 is 5.97 Å². The van der Waals surface area contributed by atoms with Crippen molar-refractivity contribution >= 4 is 29.2 Å². The fourth-order valence-electron chi connectivity index (χ4n) is 2.23. The lowest BCUT2D eigenvalue weighted by atomic mass is 9.96. The standard InChI is InChI=1S/C14H15NO5S/c1-21-13-7-6-9(8-10(13)15(18)19)14(17)20-12-5-3-2-4-11(12)16/h6-8,12H,2-5H2,1H3. The van der Waals surface area contributed by atoms with Gasteiger partial charge in [0.2, 0.25) is 0 Å². The van der Waals surface area contributed by atoms with Crippen LogP contribution < -0.4 is 0 Å². The average Bonchev–Trinajstić information content (AvgIpc) is 2.48. The minimum atomic E-state index is -0.717. The lowest BCUT2D eigenvalue weighted by molar-refractivity contribution is -0.387. The zero-order valence-electron chi connectivity index (χ0n) is 11.5. The van der Waals surface area contributed by atoms with Gasteiger partial charge in [-0.25, -0.2) is 4.79 Å². The van der Waals surface area contributed by atoms with Crippen LogP contribution in [0.15, 0.2) is 23.1 Å². The number of hydrogen-bond donors (Lipinski definition) is 0. The van der Waals surface area contributed by atoms with Crippen LogP contribution in [0.1, 0.15) is 36.0 Å². The fourth-order valence-corrected chi connectivity index (χ4v) is 2.78. The molecular weight excluding hydrogens is 294 g/mol. The first-order valence-electron chi connectivity index (χ1n) is 6.59.